The minimum atomic E-state index is 0.311. The molecule has 0 aliphatic carbocycles. The summed E-state index contributed by atoms with van der Waals surface area (Å²) in [5, 5.41) is 9.46. The maximum Gasteiger partial charge on any atom is 0.146 e. The number of aryl methyl sites for hydroxylation is 1. The molecule has 0 aromatic carbocycles. The Hall–Kier alpha value is -3.20. The summed E-state index contributed by atoms with van der Waals surface area (Å²) in [4.78, 5) is 16.0. The molecule has 6 nitrogen and oxygen atoms in total. The Balaban J connectivity index is 1.57. The summed E-state index contributed by atoms with van der Waals surface area (Å²) in [6.07, 6.45) is 7.85. The first kappa shape index (κ1) is 17.2. The van der Waals surface area contributed by atoms with Gasteiger partial charge in [0.25, 0.3) is 0 Å². The summed E-state index contributed by atoms with van der Waals surface area (Å²) >= 11 is 0. The number of pyridine rings is 2. The lowest BCUT2D eigenvalue weighted by molar-refractivity contribution is 0.473. The molecule has 136 valence electrons. The summed E-state index contributed by atoms with van der Waals surface area (Å²) in [7, 11) is 0. The summed E-state index contributed by atoms with van der Waals surface area (Å²) in [6, 6.07) is 12.0. The van der Waals surface area contributed by atoms with Crippen LogP contribution < -0.4 is 4.90 Å². The number of nitrogens with zero attached hydrogens (tertiary/aromatic N) is 6. The average molecular weight is 358 g/mol. The number of hydrogen-bond donors (Lipinski definition) is 0. The van der Waals surface area contributed by atoms with Crippen molar-refractivity contribution in [3.05, 3.63) is 71.7 Å². The van der Waals surface area contributed by atoms with Crippen LogP contribution in [0, 0.1) is 18.3 Å². The Kier molecular flexibility index (Phi) is 4.84. The van der Waals surface area contributed by atoms with Crippen LogP contribution in [-0.4, -0.2) is 32.6 Å². The van der Waals surface area contributed by atoms with Gasteiger partial charge in [-0.25, -0.2) is 9.97 Å². The van der Waals surface area contributed by atoms with Gasteiger partial charge in [-0.15, -0.1) is 0 Å². The summed E-state index contributed by atoms with van der Waals surface area (Å²) < 4.78 is 2.19. The first-order valence-electron chi connectivity index (χ1n) is 9.28. The topological polar surface area (TPSA) is 70.6 Å². The maximum atomic E-state index is 9.46. The number of hydrogen-bond acceptors (Lipinski definition) is 5. The number of anilines is 1. The fourth-order valence-electron chi connectivity index (χ4n) is 3.73. The Morgan fingerprint density at radius 3 is 2.93 bits per heavy atom. The molecule has 0 bridgehead atoms. The smallest absolute Gasteiger partial charge is 0.146 e. The van der Waals surface area contributed by atoms with Crippen molar-refractivity contribution in [3.63, 3.8) is 0 Å². The van der Waals surface area contributed by atoms with Crippen LogP contribution in [0.5, 0.6) is 0 Å². The lowest BCUT2D eigenvalue weighted by Gasteiger charge is -2.34. The quantitative estimate of drug-likeness (QED) is 0.716. The zero-order chi connectivity index (χ0) is 18.6. The van der Waals surface area contributed by atoms with E-state index in [1.165, 1.54) is 0 Å². The van der Waals surface area contributed by atoms with E-state index < -0.39 is 0 Å². The molecule has 1 fully saturated rings. The SMILES string of the molecule is Cc1ccc(C#N)c(N2CCC[C@@H](c3nccn3Cc3ccccn3)C2)n1. The van der Waals surface area contributed by atoms with Crippen molar-refractivity contribution < 1.29 is 0 Å². The third-order valence-electron chi connectivity index (χ3n) is 5.03. The van der Waals surface area contributed by atoms with Crippen molar-refractivity contribution in [2.24, 2.45) is 0 Å². The highest BCUT2D eigenvalue weighted by Crippen LogP contribution is 2.30. The molecule has 0 radical (unpaired) electrons. The predicted molar refractivity (Wildman–Crippen MR) is 103 cm³/mol. The van der Waals surface area contributed by atoms with Gasteiger partial charge in [0.15, 0.2) is 0 Å². The van der Waals surface area contributed by atoms with E-state index >= 15 is 0 Å². The van der Waals surface area contributed by atoms with Crippen molar-refractivity contribution in [3.8, 4) is 6.07 Å². The molecule has 4 rings (SSSR count). The number of piperidine rings is 1. The normalized spacial score (nSPS) is 16.9. The van der Waals surface area contributed by atoms with Gasteiger partial charge in [0.05, 0.1) is 17.8 Å². The van der Waals surface area contributed by atoms with Crippen molar-refractivity contribution in [2.45, 2.75) is 32.2 Å². The van der Waals surface area contributed by atoms with Crippen LogP contribution >= 0.6 is 0 Å². The molecule has 1 aliphatic heterocycles. The third-order valence-corrected chi connectivity index (χ3v) is 5.03. The molecule has 27 heavy (non-hydrogen) atoms. The van der Waals surface area contributed by atoms with Gasteiger partial charge in [0.2, 0.25) is 0 Å². The highest BCUT2D eigenvalue weighted by atomic mass is 15.2. The zero-order valence-corrected chi connectivity index (χ0v) is 15.4. The highest BCUT2D eigenvalue weighted by molar-refractivity contribution is 5.54. The van der Waals surface area contributed by atoms with Gasteiger partial charge < -0.3 is 9.47 Å². The Labute approximate surface area is 159 Å². The molecular weight excluding hydrogens is 336 g/mol. The van der Waals surface area contributed by atoms with Gasteiger partial charge in [-0.3, -0.25) is 4.98 Å². The van der Waals surface area contributed by atoms with Crippen LogP contribution in [0.25, 0.3) is 0 Å². The highest BCUT2D eigenvalue weighted by Gasteiger charge is 2.27. The Morgan fingerprint density at radius 2 is 2.11 bits per heavy atom. The standard InChI is InChI=1S/C21H22N6/c1-16-7-8-17(13-22)21(25-16)26-11-4-5-18(14-26)20-24-10-12-27(20)15-19-6-2-3-9-23-19/h2-3,6-10,12,18H,4-5,11,14-15H2,1H3/t18-/m1/s1. The van der Waals surface area contributed by atoms with Crippen LogP contribution in [0.15, 0.2) is 48.9 Å². The van der Waals surface area contributed by atoms with E-state index in [9.17, 15) is 5.26 Å². The van der Waals surface area contributed by atoms with Gasteiger partial charge in [0.1, 0.15) is 17.7 Å². The lowest BCUT2D eigenvalue weighted by Crippen LogP contribution is -2.36. The number of rotatable bonds is 4. The largest absolute Gasteiger partial charge is 0.355 e. The molecule has 3 aromatic heterocycles. The van der Waals surface area contributed by atoms with Crippen molar-refractivity contribution in [2.75, 3.05) is 18.0 Å². The molecule has 0 amide bonds. The molecule has 4 heterocycles. The van der Waals surface area contributed by atoms with E-state index in [0.29, 0.717) is 11.5 Å². The number of imidazole rings is 1. The van der Waals surface area contributed by atoms with E-state index in [1.54, 1.807) is 0 Å². The molecule has 0 spiro atoms. The van der Waals surface area contributed by atoms with Crippen molar-refractivity contribution in [1.29, 1.82) is 5.26 Å². The fraction of sp³-hybridized carbons (Fsp3) is 0.333. The summed E-state index contributed by atoms with van der Waals surface area (Å²) in [5.41, 5.74) is 2.59. The second-order valence-corrected chi connectivity index (χ2v) is 6.96. The van der Waals surface area contributed by atoms with Crippen LogP contribution in [0.1, 0.15) is 41.5 Å². The molecule has 3 aromatic rings. The van der Waals surface area contributed by atoms with Crippen molar-refractivity contribution in [1.82, 2.24) is 19.5 Å². The summed E-state index contributed by atoms with van der Waals surface area (Å²) in [6.45, 7) is 4.43. The number of aromatic nitrogens is 4. The third kappa shape index (κ3) is 3.68. The summed E-state index contributed by atoms with van der Waals surface area (Å²) in [5.74, 6) is 2.19. The van der Waals surface area contributed by atoms with Gasteiger partial charge in [-0.2, -0.15) is 5.26 Å². The second kappa shape index (κ2) is 7.58. The Morgan fingerprint density at radius 1 is 1.19 bits per heavy atom. The van der Waals surface area contributed by atoms with Crippen LogP contribution in [-0.2, 0) is 6.54 Å². The Bertz CT molecular complexity index is 956. The van der Waals surface area contributed by atoms with E-state index in [4.69, 9.17) is 0 Å². The van der Waals surface area contributed by atoms with E-state index in [1.807, 2.05) is 55.8 Å². The minimum Gasteiger partial charge on any atom is -0.355 e. The van der Waals surface area contributed by atoms with Crippen molar-refractivity contribution >= 4 is 5.82 Å². The molecule has 0 saturated carbocycles. The molecule has 1 saturated heterocycles. The van der Waals surface area contributed by atoms with Gasteiger partial charge in [-0.1, -0.05) is 6.07 Å². The zero-order valence-electron chi connectivity index (χ0n) is 15.4. The van der Waals surface area contributed by atoms with Crippen LogP contribution in [0.3, 0.4) is 0 Å². The lowest BCUT2D eigenvalue weighted by atomic mass is 9.96. The van der Waals surface area contributed by atoms with Crippen LogP contribution in [0.4, 0.5) is 5.82 Å². The van der Waals surface area contributed by atoms with Gasteiger partial charge in [-0.05, 0) is 44.0 Å². The predicted octanol–water partition coefficient (Wildman–Crippen LogP) is 3.29. The van der Waals surface area contributed by atoms with E-state index in [0.717, 1.165) is 55.5 Å². The van der Waals surface area contributed by atoms with Gasteiger partial charge in [0, 0.05) is 43.3 Å². The minimum absolute atomic E-state index is 0.311. The number of nitriles is 1. The first-order valence-corrected chi connectivity index (χ1v) is 9.28. The first-order chi connectivity index (χ1) is 13.2. The fourth-order valence-corrected chi connectivity index (χ4v) is 3.73. The van der Waals surface area contributed by atoms with Gasteiger partial charge >= 0.3 is 0 Å². The molecule has 0 unspecified atom stereocenters. The monoisotopic (exact) mass is 358 g/mol. The van der Waals surface area contributed by atoms with Crippen LogP contribution in [0.2, 0.25) is 0 Å². The average Bonchev–Trinajstić information content (AvgIpc) is 3.17. The molecule has 1 atom stereocenters. The van der Waals surface area contributed by atoms with E-state index in [-0.39, 0.29) is 0 Å². The second-order valence-electron chi connectivity index (χ2n) is 6.96. The molecular formula is C21H22N6. The molecule has 0 N–H and O–H groups in total. The molecule has 6 heteroatoms. The maximum absolute atomic E-state index is 9.46. The van der Waals surface area contributed by atoms with E-state index in [2.05, 4.69) is 30.5 Å². The molecule has 1 aliphatic rings.